The summed E-state index contributed by atoms with van der Waals surface area (Å²) in [4.78, 5) is 1.77. The molecule has 0 amide bonds. The maximum absolute atomic E-state index is 10.2. The maximum atomic E-state index is 10.2. The van der Waals surface area contributed by atoms with Gasteiger partial charge in [0.15, 0.2) is 0 Å². The molecule has 0 spiro atoms. The lowest BCUT2D eigenvalue weighted by Crippen LogP contribution is -2.42. The van der Waals surface area contributed by atoms with Crippen LogP contribution in [0.2, 0.25) is 0 Å². The van der Waals surface area contributed by atoms with Gasteiger partial charge in [0, 0.05) is 6.42 Å². The molecule has 0 bridgehead atoms. The molecule has 1 N–H and O–H groups in total. The first-order chi connectivity index (χ1) is 8.60. The standard InChI is InChI=1S/C14H17N3O/c1-17(2)14(18)10-8-13(9-11-14)16-15-12-6-4-3-5-7-12/h3-10,18H,11H2,1-2H3. The Labute approximate surface area is 107 Å². The number of hydrogen-bond acceptors (Lipinski definition) is 4. The topological polar surface area (TPSA) is 48.2 Å². The predicted molar refractivity (Wildman–Crippen MR) is 71.4 cm³/mol. The Balaban J connectivity index is 2.04. The molecule has 0 aromatic heterocycles. The van der Waals surface area contributed by atoms with Gasteiger partial charge in [0.05, 0.1) is 11.4 Å². The Morgan fingerprint density at radius 1 is 1.17 bits per heavy atom. The molecule has 4 heteroatoms. The van der Waals surface area contributed by atoms with Crippen LogP contribution in [0.4, 0.5) is 5.69 Å². The number of hydrogen-bond donors (Lipinski definition) is 1. The summed E-state index contributed by atoms with van der Waals surface area (Å²) in [5, 5.41) is 18.5. The second-order valence-corrected chi connectivity index (χ2v) is 4.47. The van der Waals surface area contributed by atoms with Crippen molar-refractivity contribution in [3.8, 4) is 0 Å². The van der Waals surface area contributed by atoms with E-state index in [2.05, 4.69) is 10.2 Å². The van der Waals surface area contributed by atoms with Gasteiger partial charge in [-0.2, -0.15) is 10.2 Å². The van der Waals surface area contributed by atoms with Crippen molar-refractivity contribution in [3.05, 3.63) is 54.3 Å². The molecule has 2 rings (SSSR count). The van der Waals surface area contributed by atoms with Gasteiger partial charge in [-0.1, -0.05) is 24.3 Å². The SMILES string of the molecule is CN(C)C1(O)C=CC(N=Nc2ccccc2)=CC1. The molecule has 1 aliphatic carbocycles. The summed E-state index contributed by atoms with van der Waals surface area (Å²) in [5.74, 6) is 0. The number of azo groups is 1. The monoisotopic (exact) mass is 243 g/mol. The van der Waals surface area contributed by atoms with Crippen LogP contribution >= 0.6 is 0 Å². The van der Waals surface area contributed by atoms with Crippen molar-refractivity contribution in [2.24, 2.45) is 10.2 Å². The molecule has 1 aromatic carbocycles. The number of aliphatic hydroxyl groups is 1. The van der Waals surface area contributed by atoms with Gasteiger partial charge in [-0.05, 0) is 38.4 Å². The highest BCUT2D eigenvalue weighted by Gasteiger charge is 2.27. The zero-order valence-electron chi connectivity index (χ0n) is 10.6. The molecular weight excluding hydrogens is 226 g/mol. The molecule has 0 aliphatic heterocycles. The van der Waals surface area contributed by atoms with Crippen LogP contribution in [0.25, 0.3) is 0 Å². The molecule has 4 nitrogen and oxygen atoms in total. The average molecular weight is 243 g/mol. The fraction of sp³-hybridized carbons (Fsp3) is 0.286. The summed E-state index contributed by atoms with van der Waals surface area (Å²) in [5.41, 5.74) is 0.678. The molecule has 1 unspecified atom stereocenters. The van der Waals surface area contributed by atoms with E-state index >= 15 is 0 Å². The third-order valence-electron chi connectivity index (χ3n) is 2.94. The van der Waals surface area contributed by atoms with E-state index in [-0.39, 0.29) is 0 Å². The second kappa shape index (κ2) is 5.25. The summed E-state index contributed by atoms with van der Waals surface area (Å²) < 4.78 is 0. The Kier molecular flexibility index (Phi) is 3.69. The van der Waals surface area contributed by atoms with Crippen LogP contribution in [-0.4, -0.2) is 29.8 Å². The third-order valence-corrected chi connectivity index (χ3v) is 2.94. The normalized spacial score (nSPS) is 23.7. The highest BCUT2D eigenvalue weighted by Crippen LogP contribution is 2.24. The predicted octanol–water partition coefficient (Wildman–Crippen LogP) is 2.86. The van der Waals surface area contributed by atoms with Crippen LogP contribution < -0.4 is 0 Å². The lowest BCUT2D eigenvalue weighted by molar-refractivity contribution is -0.0360. The van der Waals surface area contributed by atoms with Gasteiger partial charge >= 0.3 is 0 Å². The number of allylic oxidation sites excluding steroid dienone is 1. The molecule has 1 aromatic rings. The molecule has 1 atom stereocenters. The number of nitrogens with zero attached hydrogens (tertiary/aromatic N) is 3. The van der Waals surface area contributed by atoms with Gasteiger partial charge in [0.1, 0.15) is 5.72 Å². The van der Waals surface area contributed by atoms with E-state index in [0.29, 0.717) is 6.42 Å². The highest BCUT2D eigenvalue weighted by molar-refractivity contribution is 5.35. The van der Waals surface area contributed by atoms with Crippen molar-refractivity contribution < 1.29 is 5.11 Å². The summed E-state index contributed by atoms with van der Waals surface area (Å²) in [6, 6.07) is 9.57. The number of rotatable bonds is 3. The van der Waals surface area contributed by atoms with E-state index in [9.17, 15) is 5.11 Å². The minimum Gasteiger partial charge on any atom is -0.372 e. The Morgan fingerprint density at radius 3 is 2.44 bits per heavy atom. The van der Waals surface area contributed by atoms with Crippen molar-refractivity contribution in [1.29, 1.82) is 0 Å². The quantitative estimate of drug-likeness (QED) is 0.655. The average Bonchev–Trinajstić information content (AvgIpc) is 2.39. The Hall–Kier alpha value is -1.78. The zero-order chi connectivity index (χ0) is 13.0. The molecule has 1 aliphatic rings. The Morgan fingerprint density at radius 2 is 1.89 bits per heavy atom. The third kappa shape index (κ3) is 2.91. The summed E-state index contributed by atoms with van der Waals surface area (Å²) in [6.45, 7) is 0. The van der Waals surface area contributed by atoms with E-state index < -0.39 is 5.72 Å². The van der Waals surface area contributed by atoms with Crippen molar-refractivity contribution in [2.75, 3.05) is 14.1 Å². The molecule has 18 heavy (non-hydrogen) atoms. The van der Waals surface area contributed by atoms with Crippen molar-refractivity contribution in [3.63, 3.8) is 0 Å². The fourth-order valence-corrected chi connectivity index (χ4v) is 1.63. The molecule has 94 valence electrons. The molecule has 0 fully saturated rings. The molecule has 0 heterocycles. The first kappa shape index (κ1) is 12.7. The van der Waals surface area contributed by atoms with Crippen molar-refractivity contribution in [1.82, 2.24) is 4.90 Å². The lowest BCUT2D eigenvalue weighted by atomic mass is 10.0. The Bertz CT molecular complexity index is 491. The highest BCUT2D eigenvalue weighted by atomic mass is 16.3. The summed E-state index contributed by atoms with van der Waals surface area (Å²) in [6.07, 6.45) is 5.92. The minimum atomic E-state index is -0.911. The van der Waals surface area contributed by atoms with Crippen LogP contribution in [0.15, 0.2) is 64.5 Å². The van der Waals surface area contributed by atoms with Crippen LogP contribution in [0.5, 0.6) is 0 Å². The second-order valence-electron chi connectivity index (χ2n) is 4.47. The zero-order valence-corrected chi connectivity index (χ0v) is 10.6. The van der Waals surface area contributed by atoms with Gasteiger partial charge in [-0.25, -0.2) is 0 Å². The smallest absolute Gasteiger partial charge is 0.141 e. The number of benzene rings is 1. The molecule has 0 radical (unpaired) electrons. The largest absolute Gasteiger partial charge is 0.372 e. The van der Waals surface area contributed by atoms with Crippen molar-refractivity contribution in [2.45, 2.75) is 12.1 Å². The van der Waals surface area contributed by atoms with Gasteiger partial charge in [-0.15, -0.1) is 0 Å². The first-order valence-electron chi connectivity index (χ1n) is 5.86. The van der Waals surface area contributed by atoms with Crippen LogP contribution in [0.1, 0.15) is 6.42 Å². The van der Waals surface area contributed by atoms with E-state index in [1.807, 2.05) is 50.5 Å². The lowest BCUT2D eigenvalue weighted by Gasteiger charge is -2.32. The van der Waals surface area contributed by atoms with E-state index in [0.717, 1.165) is 11.4 Å². The van der Waals surface area contributed by atoms with E-state index in [1.54, 1.807) is 17.1 Å². The van der Waals surface area contributed by atoms with E-state index in [4.69, 9.17) is 0 Å². The fourth-order valence-electron chi connectivity index (χ4n) is 1.63. The molecule has 0 saturated carbocycles. The first-order valence-corrected chi connectivity index (χ1v) is 5.86. The minimum absolute atomic E-state index is 0.514. The van der Waals surface area contributed by atoms with Gasteiger partial charge in [0.25, 0.3) is 0 Å². The van der Waals surface area contributed by atoms with Gasteiger partial charge in [-0.3, -0.25) is 4.90 Å². The van der Waals surface area contributed by atoms with Crippen LogP contribution in [0.3, 0.4) is 0 Å². The van der Waals surface area contributed by atoms with E-state index in [1.165, 1.54) is 0 Å². The van der Waals surface area contributed by atoms with Crippen LogP contribution in [-0.2, 0) is 0 Å². The molecular formula is C14H17N3O. The maximum Gasteiger partial charge on any atom is 0.141 e. The van der Waals surface area contributed by atoms with Gasteiger partial charge < -0.3 is 5.11 Å². The summed E-state index contributed by atoms with van der Waals surface area (Å²) in [7, 11) is 3.68. The van der Waals surface area contributed by atoms with Crippen molar-refractivity contribution >= 4 is 5.69 Å². The number of likely N-dealkylation sites (N-methyl/N-ethyl adjacent to an activating group) is 1. The molecule has 0 saturated heterocycles. The van der Waals surface area contributed by atoms with Gasteiger partial charge in [0.2, 0.25) is 0 Å². The summed E-state index contributed by atoms with van der Waals surface area (Å²) >= 11 is 0. The van der Waals surface area contributed by atoms with Crippen LogP contribution in [0, 0.1) is 0 Å².